The molecule has 0 spiro atoms. The molecule has 0 aromatic heterocycles. The largest absolute Gasteiger partial charge is 0.497 e. The molecule has 2 unspecified atom stereocenters. The van der Waals surface area contributed by atoms with Gasteiger partial charge in [-0.25, -0.2) is 0 Å². The maximum atomic E-state index is 5.84. The summed E-state index contributed by atoms with van der Waals surface area (Å²) in [4.78, 5) is 0. The molecule has 2 heteroatoms. The third-order valence-electron chi connectivity index (χ3n) is 3.14. The number of hydrogen-bond acceptors (Lipinski definition) is 2. The number of methoxy groups -OCH3 is 1. The number of rotatable bonds is 6. The van der Waals surface area contributed by atoms with Gasteiger partial charge in [0.2, 0.25) is 0 Å². The minimum Gasteiger partial charge on any atom is -0.497 e. The van der Waals surface area contributed by atoms with Crippen LogP contribution >= 0.6 is 0 Å². The predicted octanol–water partition coefficient (Wildman–Crippen LogP) is 3.17. The first-order chi connectivity index (χ1) is 8.06. The van der Waals surface area contributed by atoms with Crippen molar-refractivity contribution in [1.82, 2.24) is 0 Å². The van der Waals surface area contributed by atoms with Gasteiger partial charge >= 0.3 is 0 Å². The van der Waals surface area contributed by atoms with E-state index in [2.05, 4.69) is 32.9 Å². The van der Waals surface area contributed by atoms with Crippen LogP contribution in [0.25, 0.3) is 0 Å². The molecule has 0 saturated carbocycles. The first-order valence-electron chi connectivity index (χ1n) is 6.48. The van der Waals surface area contributed by atoms with Crippen molar-refractivity contribution < 1.29 is 4.74 Å². The number of ether oxygens (including phenoxy) is 1. The summed E-state index contributed by atoms with van der Waals surface area (Å²) in [6.45, 7) is 6.53. The molecule has 0 aliphatic carbocycles. The molecule has 0 amide bonds. The van der Waals surface area contributed by atoms with Gasteiger partial charge < -0.3 is 10.5 Å². The van der Waals surface area contributed by atoms with Crippen LogP contribution in [0.2, 0.25) is 0 Å². The van der Waals surface area contributed by atoms with Crippen LogP contribution in [0.3, 0.4) is 0 Å². The Kier molecular flexibility index (Phi) is 5.49. The Labute approximate surface area is 105 Å². The lowest BCUT2D eigenvalue weighted by Gasteiger charge is -2.16. The van der Waals surface area contributed by atoms with Crippen molar-refractivity contribution in [3.8, 4) is 5.75 Å². The molecule has 0 saturated heterocycles. The van der Waals surface area contributed by atoms with Gasteiger partial charge in [-0.1, -0.05) is 19.9 Å². The molecule has 0 heterocycles. The van der Waals surface area contributed by atoms with E-state index in [-0.39, 0.29) is 6.04 Å². The van der Waals surface area contributed by atoms with E-state index < -0.39 is 0 Å². The van der Waals surface area contributed by atoms with Crippen molar-refractivity contribution in [2.24, 2.45) is 11.7 Å². The minimum atomic E-state index is 0.285. The fraction of sp³-hybridized carbons (Fsp3) is 0.600. The summed E-state index contributed by atoms with van der Waals surface area (Å²) in [5.74, 6) is 1.58. The van der Waals surface area contributed by atoms with E-state index in [0.717, 1.165) is 25.0 Å². The lowest BCUT2D eigenvalue weighted by molar-refractivity contribution is 0.413. The van der Waals surface area contributed by atoms with Crippen LogP contribution in [-0.2, 0) is 12.8 Å². The van der Waals surface area contributed by atoms with Crippen molar-refractivity contribution in [2.75, 3.05) is 7.11 Å². The van der Waals surface area contributed by atoms with Gasteiger partial charge in [0.25, 0.3) is 0 Å². The van der Waals surface area contributed by atoms with Crippen molar-refractivity contribution in [3.05, 3.63) is 29.3 Å². The molecule has 96 valence electrons. The fourth-order valence-electron chi connectivity index (χ4n) is 2.35. The van der Waals surface area contributed by atoms with Crippen LogP contribution in [0.1, 0.15) is 38.3 Å². The molecular formula is C15H25NO. The Morgan fingerprint density at radius 3 is 2.47 bits per heavy atom. The summed E-state index contributed by atoms with van der Waals surface area (Å²) in [5.41, 5.74) is 8.66. The molecule has 2 nitrogen and oxygen atoms in total. The van der Waals surface area contributed by atoms with Crippen LogP contribution in [0, 0.1) is 5.92 Å². The van der Waals surface area contributed by atoms with Crippen molar-refractivity contribution in [1.29, 1.82) is 0 Å². The SMILES string of the molecule is CCc1cc(OC)ccc1CC(C)CC(C)N. The summed E-state index contributed by atoms with van der Waals surface area (Å²) in [6.07, 6.45) is 3.24. The molecule has 0 fully saturated rings. The van der Waals surface area contributed by atoms with E-state index in [0.29, 0.717) is 5.92 Å². The molecule has 2 atom stereocenters. The molecule has 0 aliphatic rings. The Hall–Kier alpha value is -1.02. The summed E-state index contributed by atoms with van der Waals surface area (Å²) in [5, 5.41) is 0. The van der Waals surface area contributed by atoms with Crippen molar-refractivity contribution >= 4 is 0 Å². The lowest BCUT2D eigenvalue weighted by atomic mass is 9.92. The van der Waals surface area contributed by atoms with Crippen molar-refractivity contribution in [3.63, 3.8) is 0 Å². The molecule has 0 aliphatic heterocycles. The maximum Gasteiger partial charge on any atom is 0.119 e. The summed E-state index contributed by atoms with van der Waals surface area (Å²) in [6, 6.07) is 6.67. The minimum absolute atomic E-state index is 0.285. The van der Waals surface area contributed by atoms with E-state index >= 15 is 0 Å². The van der Waals surface area contributed by atoms with Crippen LogP contribution in [-0.4, -0.2) is 13.2 Å². The van der Waals surface area contributed by atoms with Crippen LogP contribution in [0.4, 0.5) is 0 Å². The van der Waals surface area contributed by atoms with Gasteiger partial charge in [-0.2, -0.15) is 0 Å². The maximum absolute atomic E-state index is 5.84. The summed E-state index contributed by atoms with van der Waals surface area (Å²) < 4.78 is 5.26. The average Bonchev–Trinajstić information content (AvgIpc) is 2.28. The first kappa shape index (κ1) is 14.0. The van der Waals surface area contributed by atoms with Crippen LogP contribution in [0.5, 0.6) is 5.75 Å². The summed E-state index contributed by atoms with van der Waals surface area (Å²) >= 11 is 0. The molecule has 1 aromatic carbocycles. The fourth-order valence-corrected chi connectivity index (χ4v) is 2.35. The van der Waals surface area contributed by atoms with Gasteiger partial charge in [0.15, 0.2) is 0 Å². The van der Waals surface area contributed by atoms with Gasteiger partial charge in [0.1, 0.15) is 5.75 Å². The molecular weight excluding hydrogens is 210 g/mol. The monoisotopic (exact) mass is 235 g/mol. The van der Waals surface area contributed by atoms with Gasteiger partial charge in [0.05, 0.1) is 7.11 Å². The highest BCUT2D eigenvalue weighted by molar-refractivity contribution is 5.36. The summed E-state index contributed by atoms with van der Waals surface area (Å²) in [7, 11) is 1.72. The smallest absolute Gasteiger partial charge is 0.119 e. The number of aryl methyl sites for hydroxylation is 1. The molecule has 2 N–H and O–H groups in total. The van der Waals surface area contributed by atoms with Gasteiger partial charge in [0, 0.05) is 6.04 Å². The van der Waals surface area contributed by atoms with Crippen LogP contribution < -0.4 is 10.5 Å². The highest BCUT2D eigenvalue weighted by Gasteiger charge is 2.09. The molecule has 1 aromatic rings. The quantitative estimate of drug-likeness (QED) is 0.822. The molecule has 1 rings (SSSR count). The molecule has 0 bridgehead atoms. The number of hydrogen-bond donors (Lipinski definition) is 1. The Morgan fingerprint density at radius 1 is 1.24 bits per heavy atom. The normalized spacial score (nSPS) is 14.4. The van der Waals surface area contributed by atoms with E-state index in [1.807, 2.05) is 6.07 Å². The number of nitrogens with two attached hydrogens (primary N) is 1. The number of benzene rings is 1. The zero-order chi connectivity index (χ0) is 12.8. The average molecular weight is 235 g/mol. The van der Waals surface area contributed by atoms with E-state index in [1.165, 1.54) is 11.1 Å². The third kappa shape index (κ3) is 4.39. The highest BCUT2D eigenvalue weighted by Crippen LogP contribution is 2.22. The van der Waals surface area contributed by atoms with E-state index in [1.54, 1.807) is 7.11 Å². The van der Waals surface area contributed by atoms with E-state index in [9.17, 15) is 0 Å². The van der Waals surface area contributed by atoms with Crippen LogP contribution in [0.15, 0.2) is 18.2 Å². The second-order valence-corrected chi connectivity index (χ2v) is 5.01. The van der Waals surface area contributed by atoms with Crippen molar-refractivity contribution in [2.45, 2.75) is 46.1 Å². The molecule has 0 radical (unpaired) electrons. The first-order valence-corrected chi connectivity index (χ1v) is 6.48. The predicted molar refractivity (Wildman–Crippen MR) is 73.5 cm³/mol. The zero-order valence-corrected chi connectivity index (χ0v) is 11.5. The second-order valence-electron chi connectivity index (χ2n) is 5.01. The topological polar surface area (TPSA) is 35.2 Å². The highest BCUT2D eigenvalue weighted by atomic mass is 16.5. The van der Waals surface area contributed by atoms with Gasteiger partial charge in [-0.3, -0.25) is 0 Å². The second kappa shape index (κ2) is 6.65. The zero-order valence-electron chi connectivity index (χ0n) is 11.5. The Morgan fingerprint density at radius 2 is 1.94 bits per heavy atom. The molecule has 17 heavy (non-hydrogen) atoms. The van der Waals surface area contributed by atoms with Gasteiger partial charge in [-0.15, -0.1) is 0 Å². The Balaban J connectivity index is 2.76. The van der Waals surface area contributed by atoms with E-state index in [4.69, 9.17) is 10.5 Å². The van der Waals surface area contributed by atoms with Gasteiger partial charge in [-0.05, 0) is 55.4 Å². The Bertz CT molecular complexity index is 347. The standard InChI is InChI=1S/C15H25NO/c1-5-13-10-15(17-4)7-6-14(13)9-11(2)8-12(3)16/h6-7,10-12H,5,8-9,16H2,1-4H3. The lowest BCUT2D eigenvalue weighted by Crippen LogP contribution is -2.19. The third-order valence-corrected chi connectivity index (χ3v) is 3.14.